The Kier molecular flexibility index (Phi) is 4.27. The number of anilines is 1. The second kappa shape index (κ2) is 5.76. The molecule has 0 radical (unpaired) electrons. The molecule has 1 aliphatic rings. The number of hydrogen-bond donors (Lipinski definition) is 1. The Morgan fingerprint density at radius 1 is 1.32 bits per heavy atom. The maximum Gasteiger partial charge on any atom is 0.293 e. The van der Waals surface area contributed by atoms with Crippen LogP contribution in [-0.4, -0.2) is 16.1 Å². The molecule has 1 fully saturated rings. The van der Waals surface area contributed by atoms with Gasteiger partial charge in [0.2, 0.25) is 0 Å². The minimum absolute atomic E-state index is 0.0224. The molecule has 1 aromatic rings. The number of hydrogen-bond acceptors (Lipinski definition) is 3. The first-order valence-corrected chi connectivity index (χ1v) is 7.30. The topological polar surface area (TPSA) is 46.9 Å². The standard InChI is InChI=1S/C15H25N3O/c1-15(2,3)18-10-9-16-13(14(18)19)17-11-12-7-5-4-6-8-12/h9-10,12H,4-8,11H2,1-3H3,(H,16,17). The van der Waals surface area contributed by atoms with Gasteiger partial charge in [-0.2, -0.15) is 0 Å². The fraction of sp³-hybridized carbons (Fsp3) is 0.733. The minimum atomic E-state index is -0.207. The van der Waals surface area contributed by atoms with Gasteiger partial charge in [-0.15, -0.1) is 0 Å². The molecular weight excluding hydrogens is 238 g/mol. The molecule has 0 amide bonds. The van der Waals surface area contributed by atoms with Gasteiger partial charge in [-0.25, -0.2) is 4.98 Å². The molecule has 4 nitrogen and oxygen atoms in total. The summed E-state index contributed by atoms with van der Waals surface area (Å²) in [6.07, 6.45) is 10.0. The van der Waals surface area contributed by atoms with Crippen LogP contribution in [0, 0.1) is 5.92 Å². The summed E-state index contributed by atoms with van der Waals surface area (Å²) in [5.41, 5.74) is -0.229. The Morgan fingerprint density at radius 2 is 2.00 bits per heavy atom. The first-order chi connectivity index (χ1) is 8.98. The summed E-state index contributed by atoms with van der Waals surface area (Å²) in [6.45, 7) is 6.95. The smallest absolute Gasteiger partial charge is 0.293 e. The average Bonchev–Trinajstić information content (AvgIpc) is 2.37. The lowest BCUT2D eigenvalue weighted by molar-refractivity contribution is 0.371. The third-order valence-corrected chi connectivity index (χ3v) is 3.85. The molecule has 0 unspecified atom stereocenters. The molecule has 0 aromatic carbocycles. The largest absolute Gasteiger partial charge is 0.365 e. The quantitative estimate of drug-likeness (QED) is 0.912. The molecule has 2 rings (SSSR count). The van der Waals surface area contributed by atoms with Crippen LogP contribution in [0.3, 0.4) is 0 Å². The Bertz CT molecular complexity index is 467. The minimum Gasteiger partial charge on any atom is -0.365 e. The highest BCUT2D eigenvalue weighted by atomic mass is 16.1. The highest BCUT2D eigenvalue weighted by molar-refractivity contribution is 5.31. The molecule has 0 saturated heterocycles. The van der Waals surface area contributed by atoms with Gasteiger partial charge in [0.05, 0.1) is 0 Å². The second-order valence-electron chi connectivity index (χ2n) is 6.51. The van der Waals surface area contributed by atoms with Crippen molar-refractivity contribution in [1.29, 1.82) is 0 Å². The van der Waals surface area contributed by atoms with Crippen molar-refractivity contribution in [2.75, 3.05) is 11.9 Å². The monoisotopic (exact) mass is 263 g/mol. The van der Waals surface area contributed by atoms with Gasteiger partial charge in [0.1, 0.15) is 0 Å². The molecule has 1 aromatic heterocycles. The van der Waals surface area contributed by atoms with E-state index >= 15 is 0 Å². The zero-order valence-corrected chi connectivity index (χ0v) is 12.3. The molecule has 0 aliphatic heterocycles. The highest BCUT2D eigenvalue weighted by Crippen LogP contribution is 2.23. The van der Waals surface area contributed by atoms with E-state index in [1.807, 2.05) is 20.8 Å². The molecule has 19 heavy (non-hydrogen) atoms. The fourth-order valence-electron chi connectivity index (χ4n) is 2.69. The SMILES string of the molecule is CC(C)(C)n1ccnc(NCC2CCCCC2)c1=O. The lowest BCUT2D eigenvalue weighted by Crippen LogP contribution is -2.35. The summed E-state index contributed by atoms with van der Waals surface area (Å²) in [4.78, 5) is 16.5. The summed E-state index contributed by atoms with van der Waals surface area (Å²) >= 11 is 0. The predicted octanol–water partition coefficient (Wildman–Crippen LogP) is 2.99. The Morgan fingerprint density at radius 3 is 2.63 bits per heavy atom. The van der Waals surface area contributed by atoms with Crippen LogP contribution < -0.4 is 10.9 Å². The van der Waals surface area contributed by atoms with Gasteiger partial charge >= 0.3 is 0 Å². The van der Waals surface area contributed by atoms with Crippen LogP contribution in [0.5, 0.6) is 0 Å². The van der Waals surface area contributed by atoms with Crippen molar-refractivity contribution in [2.24, 2.45) is 5.92 Å². The van der Waals surface area contributed by atoms with Gasteiger partial charge in [0.15, 0.2) is 5.82 Å². The summed E-state index contributed by atoms with van der Waals surface area (Å²) in [5.74, 6) is 1.18. The molecule has 4 heteroatoms. The summed E-state index contributed by atoms with van der Waals surface area (Å²) in [6, 6.07) is 0. The maximum absolute atomic E-state index is 12.3. The fourth-order valence-corrected chi connectivity index (χ4v) is 2.69. The summed E-state index contributed by atoms with van der Waals surface area (Å²) in [7, 11) is 0. The van der Waals surface area contributed by atoms with Crippen molar-refractivity contribution < 1.29 is 0 Å². The van der Waals surface area contributed by atoms with Gasteiger partial charge in [-0.05, 0) is 39.5 Å². The lowest BCUT2D eigenvalue weighted by atomic mass is 9.89. The van der Waals surface area contributed by atoms with Crippen molar-refractivity contribution in [3.8, 4) is 0 Å². The number of aromatic nitrogens is 2. The van der Waals surface area contributed by atoms with Crippen molar-refractivity contribution in [1.82, 2.24) is 9.55 Å². The second-order valence-corrected chi connectivity index (χ2v) is 6.51. The molecule has 106 valence electrons. The van der Waals surface area contributed by atoms with E-state index in [-0.39, 0.29) is 11.1 Å². The van der Waals surface area contributed by atoms with Gasteiger partial charge < -0.3 is 9.88 Å². The van der Waals surface area contributed by atoms with E-state index in [9.17, 15) is 4.79 Å². The van der Waals surface area contributed by atoms with Crippen LogP contribution in [0.25, 0.3) is 0 Å². The van der Waals surface area contributed by atoms with Crippen LogP contribution in [0.15, 0.2) is 17.2 Å². The summed E-state index contributed by atoms with van der Waals surface area (Å²) < 4.78 is 1.74. The maximum atomic E-state index is 12.3. The first kappa shape index (κ1) is 14.1. The molecule has 1 heterocycles. The van der Waals surface area contributed by atoms with E-state index in [2.05, 4.69) is 10.3 Å². The third-order valence-electron chi connectivity index (χ3n) is 3.85. The van der Waals surface area contributed by atoms with Gasteiger partial charge in [-0.1, -0.05) is 19.3 Å². The zero-order valence-electron chi connectivity index (χ0n) is 12.3. The molecule has 0 atom stereocenters. The molecule has 0 spiro atoms. The van der Waals surface area contributed by atoms with Crippen molar-refractivity contribution in [2.45, 2.75) is 58.4 Å². The zero-order chi connectivity index (χ0) is 13.9. The average molecular weight is 263 g/mol. The van der Waals surface area contributed by atoms with Gasteiger partial charge in [0.25, 0.3) is 5.56 Å². The molecule has 1 aliphatic carbocycles. The van der Waals surface area contributed by atoms with E-state index in [4.69, 9.17) is 0 Å². The Balaban J connectivity index is 2.06. The number of nitrogens with one attached hydrogen (secondary N) is 1. The number of rotatable bonds is 3. The van der Waals surface area contributed by atoms with Crippen LogP contribution in [-0.2, 0) is 5.54 Å². The van der Waals surface area contributed by atoms with E-state index in [0.717, 1.165) is 6.54 Å². The number of nitrogens with zero attached hydrogens (tertiary/aromatic N) is 2. The molecule has 1 N–H and O–H groups in total. The molecule has 0 bridgehead atoms. The molecular formula is C15H25N3O. The van der Waals surface area contributed by atoms with Crippen LogP contribution in [0.1, 0.15) is 52.9 Å². The Labute approximate surface area is 115 Å². The van der Waals surface area contributed by atoms with Gasteiger partial charge in [-0.3, -0.25) is 4.79 Å². The lowest BCUT2D eigenvalue weighted by Gasteiger charge is -2.24. The summed E-state index contributed by atoms with van der Waals surface area (Å²) in [5, 5.41) is 3.25. The van der Waals surface area contributed by atoms with Crippen molar-refractivity contribution in [3.63, 3.8) is 0 Å². The van der Waals surface area contributed by atoms with E-state index in [1.165, 1.54) is 32.1 Å². The highest BCUT2D eigenvalue weighted by Gasteiger charge is 2.18. The normalized spacial score (nSPS) is 17.4. The van der Waals surface area contributed by atoms with Gasteiger partial charge in [0, 0.05) is 24.5 Å². The van der Waals surface area contributed by atoms with Crippen LogP contribution in [0.2, 0.25) is 0 Å². The van der Waals surface area contributed by atoms with E-state index < -0.39 is 0 Å². The van der Waals surface area contributed by atoms with Crippen LogP contribution >= 0.6 is 0 Å². The van der Waals surface area contributed by atoms with Crippen molar-refractivity contribution >= 4 is 5.82 Å². The van der Waals surface area contributed by atoms with Crippen LogP contribution in [0.4, 0.5) is 5.82 Å². The first-order valence-electron chi connectivity index (χ1n) is 7.30. The Hall–Kier alpha value is -1.32. The third kappa shape index (κ3) is 3.58. The molecule has 1 saturated carbocycles. The van der Waals surface area contributed by atoms with E-state index in [1.54, 1.807) is 17.0 Å². The predicted molar refractivity (Wildman–Crippen MR) is 78.6 cm³/mol. The van der Waals surface area contributed by atoms with E-state index in [0.29, 0.717) is 11.7 Å². The van der Waals surface area contributed by atoms with Crippen molar-refractivity contribution in [3.05, 3.63) is 22.7 Å².